The van der Waals surface area contributed by atoms with E-state index in [1.807, 2.05) is 13.8 Å². The highest BCUT2D eigenvalue weighted by molar-refractivity contribution is 5.98. The van der Waals surface area contributed by atoms with Crippen molar-refractivity contribution in [2.24, 2.45) is 16.7 Å². The Hall–Kier alpha value is -2.90. The van der Waals surface area contributed by atoms with Crippen LogP contribution in [0.25, 0.3) is 0 Å². The van der Waals surface area contributed by atoms with Crippen LogP contribution in [0.1, 0.15) is 87.1 Å². The van der Waals surface area contributed by atoms with E-state index in [-0.39, 0.29) is 35.7 Å². The molecule has 0 saturated carbocycles. The first kappa shape index (κ1) is 31.1. The monoisotopic (exact) mass is 503 g/mol. The molecule has 0 fully saturated rings. The highest BCUT2D eigenvalue weighted by atomic mass is 16.5. The van der Waals surface area contributed by atoms with Crippen LogP contribution < -0.4 is 16.0 Å². The highest BCUT2D eigenvalue weighted by Crippen LogP contribution is 2.21. The zero-order valence-corrected chi connectivity index (χ0v) is 23.4. The van der Waals surface area contributed by atoms with E-state index in [2.05, 4.69) is 36.7 Å². The van der Waals surface area contributed by atoms with Crippen LogP contribution in [0.15, 0.2) is 24.3 Å². The van der Waals surface area contributed by atoms with Gasteiger partial charge in [0.15, 0.2) is 0 Å². The van der Waals surface area contributed by atoms with Gasteiger partial charge < -0.3 is 20.7 Å². The third-order valence-corrected chi connectivity index (χ3v) is 5.55. The molecule has 0 heterocycles. The summed E-state index contributed by atoms with van der Waals surface area (Å²) < 4.78 is 5.30. The van der Waals surface area contributed by atoms with Crippen molar-refractivity contribution in [2.75, 3.05) is 5.32 Å². The third-order valence-electron chi connectivity index (χ3n) is 5.55. The first-order valence-electron chi connectivity index (χ1n) is 12.7. The highest BCUT2D eigenvalue weighted by Gasteiger charge is 2.27. The second-order valence-electron chi connectivity index (χ2n) is 11.9. The molecule has 0 aliphatic rings. The largest absolute Gasteiger partial charge is 0.460 e. The van der Waals surface area contributed by atoms with Crippen molar-refractivity contribution in [3.8, 4) is 0 Å². The molecule has 0 aliphatic heterocycles. The Bertz CT molecular complexity index is 895. The Kier molecular flexibility index (Phi) is 11.6. The maximum absolute atomic E-state index is 12.8. The summed E-state index contributed by atoms with van der Waals surface area (Å²) in [5.41, 5.74) is 0.930. The van der Waals surface area contributed by atoms with Gasteiger partial charge in [-0.3, -0.25) is 19.2 Å². The molecule has 8 nitrogen and oxygen atoms in total. The predicted molar refractivity (Wildman–Crippen MR) is 142 cm³/mol. The molecule has 36 heavy (non-hydrogen) atoms. The lowest BCUT2D eigenvalue weighted by Gasteiger charge is -2.24. The van der Waals surface area contributed by atoms with Gasteiger partial charge in [0.25, 0.3) is 0 Å². The van der Waals surface area contributed by atoms with Gasteiger partial charge in [0, 0.05) is 12.1 Å². The Labute approximate surface area is 216 Å². The van der Waals surface area contributed by atoms with Crippen LogP contribution in [0.4, 0.5) is 5.69 Å². The Balaban J connectivity index is 2.60. The van der Waals surface area contributed by atoms with Crippen molar-refractivity contribution in [3.63, 3.8) is 0 Å². The zero-order chi connectivity index (χ0) is 27.7. The molecule has 0 unspecified atom stereocenters. The van der Waals surface area contributed by atoms with E-state index < -0.39 is 23.4 Å². The molecule has 0 aromatic heterocycles. The van der Waals surface area contributed by atoms with Crippen LogP contribution in [0.2, 0.25) is 0 Å². The number of carbonyl (C=O) groups is 4. The van der Waals surface area contributed by atoms with Crippen molar-refractivity contribution in [3.05, 3.63) is 29.8 Å². The van der Waals surface area contributed by atoms with E-state index in [1.165, 1.54) is 0 Å². The van der Waals surface area contributed by atoms with Crippen LogP contribution in [-0.2, 0) is 30.5 Å². The lowest BCUT2D eigenvalue weighted by molar-refractivity contribution is -0.154. The van der Waals surface area contributed by atoms with E-state index in [9.17, 15) is 19.2 Å². The normalized spacial score (nSPS) is 13.5. The molecule has 0 radical (unpaired) electrons. The van der Waals surface area contributed by atoms with E-state index in [0.717, 1.165) is 18.4 Å². The maximum Gasteiger partial charge on any atom is 0.311 e. The van der Waals surface area contributed by atoms with Crippen LogP contribution in [0, 0.1) is 16.7 Å². The minimum absolute atomic E-state index is 0.133. The number of carbonyl (C=O) groups excluding carboxylic acids is 4. The van der Waals surface area contributed by atoms with Gasteiger partial charge in [-0.15, -0.1) is 0 Å². The predicted octanol–water partition coefficient (Wildman–Crippen LogP) is 4.58. The number of benzene rings is 1. The lowest BCUT2D eigenvalue weighted by Crippen LogP contribution is -2.53. The lowest BCUT2D eigenvalue weighted by atomic mass is 9.90. The van der Waals surface area contributed by atoms with Gasteiger partial charge in [-0.2, -0.15) is 0 Å². The molecule has 3 amide bonds. The van der Waals surface area contributed by atoms with Crippen LogP contribution in [0.5, 0.6) is 0 Å². The van der Waals surface area contributed by atoms with Crippen molar-refractivity contribution in [1.82, 2.24) is 10.6 Å². The number of esters is 1. The molecule has 1 aromatic rings. The molecular formula is C28H45N3O5. The van der Waals surface area contributed by atoms with Crippen LogP contribution in [-0.4, -0.2) is 35.8 Å². The van der Waals surface area contributed by atoms with Crippen molar-refractivity contribution < 1.29 is 23.9 Å². The smallest absolute Gasteiger partial charge is 0.311 e. The molecule has 3 N–H and O–H groups in total. The summed E-state index contributed by atoms with van der Waals surface area (Å²) in [6.07, 6.45) is 2.02. The fourth-order valence-corrected chi connectivity index (χ4v) is 3.23. The number of ether oxygens (including phenoxy) is 1. The molecule has 8 heteroatoms. The van der Waals surface area contributed by atoms with Gasteiger partial charge in [0.05, 0.1) is 5.41 Å². The van der Waals surface area contributed by atoms with Gasteiger partial charge in [0.2, 0.25) is 17.7 Å². The zero-order valence-electron chi connectivity index (χ0n) is 23.4. The minimum Gasteiger partial charge on any atom is -0.460 e. The Morgan fingerprint density at radius 1 is 0.861 bits per heavy atom. The van der Waals surface area contributed by atoms with Gasteiger partial charge in [-0.1, -0.05) is 46.8 Å². The van der Waals surface area contributed by atoms with E-state index >= 15 is 0 Å². The quantitative estimate of drug-likeness (QED) is 0.383. The molecule has 202 valence electrons. The van der Waals surface area contributed by atoms with E-state index in [4.69, 9.17) is 4.74 Å². The fourth-order valence-electron chi connectivity index (χ4n) is 3.23. The summed E-state index contributed by atoms with van der Waals surface area (Å²) in [6, 6.07) is 5.42. The fraction of sp³-hybridized carbons (Fsp3) is 0.643. The van der Waals surface area contributed by atoms with Gasteiger partial charge >= 0.3 is 5.97 Å². The second-order valence-corrected chi connectivity index (χ2v) is 11.9. The SMILES string of the molecule is CC(C)[C@H](NC(=O)CCCC(C)(C)C)C(=O)N[C@@H](C)C(=O)Nc1ccc(COC(=O)C(C)(C)C)cc1. The number of rotatable bonds is 11. The van der Waals surface area contributed by atoms with Gasteiger partial charge in [-0.25, -0.2) is 0 Å². The number of amides is 3. The summed E-state index contributed by atoms with van der Waals surface area (Å²) in [7, 11) is 0. The van der Waals surface area contributed by atoms with Crippen molar-refractivity contribution in [2.45, 2.75) is 100 Å². The number of hydrogen-bond donors (Lipinski definition) is 3. The summed E-state index contributed by atoms with van der Waals surface area (Å²) >= 11 is 0. The average molecular weight is 504 g/mol. The summed E-state index contributed by atoms with van der Waals surface area (Å²) in [4.78, 5) is 49.7. The number of nitrogens with one attached hydrogen (secondary N) is 3. The summed E-state index contributed by atoms with van der Waals surface area (Å²) in [5.74, 6) is -1.36. The number of hydrogen-bond acceptors (Lipinski definition) is 5. The summed E-state index contributed by atoms with van der Waals surface area (Å²) in [5, 5.41) is 8.28. The molecule has 0 aliphatic carbocycles. The Morgan fingerprint density at radius 3 is 1.94 bits per heavy atom. The Morgan fingerprint density at radius 2 is 1.44 bits per heavy atom. The minimum atomic E-state index is -0.802. The summed E-state index contributed by atoms with van der Waals surface area (Å²) in [6.45, 7) is 17.2. The molecule has 0 saturated heterocycles. The number of anilines is 1. The van der Waals surface area contributed by atoms with E-state index in [0.29, 0.717) is 12.1 Å². The third kappa shape index (κ3) is 11.7. The van der Waals surface area contributed by atoms with Crippen LogP contribution in [0.3, 0.4) is 0 Å². The standard InChI is InChI=1S/C28H45N3O5/c1-18(2)23(31-22(32)11-10-16-27(4,5)6)25(34)29-19(3)24(33)30-21-14-12-20(13-15-21)17-36-26(35)28(7,8)9/h12-15,18-19,23H,10-11,16-17H2,1-9H3,(H,29,34)(H,30,33)(H,31,32)/t19-,23-/m0/s1. The van der Waals surface area contributed by atoms with Crippen molar-refractivity contribution in [1.29, 1.82) is 0 Å². The molecule has 2 atom stereocenters. The van der Waals surface area contributed by atoms with E-state index in [1.54, 1.807) is 52.0 Å². The molecule has 1 rings (SSSR count). The molecule has 0 bridgehead atoms. The first-order valence-corrected chi connectivity index (χ1v) is 12.7. The molecule has 0 spiro atoms. The van der Waals surface area contributed by atoms with Crippen LogP contribution >= 0.6 is 0 Å². The molecular weight excluding hydrogens is 458 g/mol. The topological polar surface area (TPSA) is 114 Å². The van der Waals surface area contributed by atoms with Gasteiger partial charge in [-0.05, 0) is 69.6 Å². The second kappa shape index (κ2) is 13.4. The van der Waals surface area contributed by atoms with Crippen molar-refractivity contribution >= 4 is 29.4 Å². The van der Waals surface area contributed by atoms with Gasteiger partial charge in [0.1, 0.15) is 18.7 Å². The maximum atomic E-state index is 12.8. The average Bonchev–Trinajstić information content (AvgIpc) is 2.74. The molecule has 1 aromatic carbocycles. The first-order chi connectivity index (χ1) is 16.5.